The second-order valence-corrected chi connectivity index (χ2v) is 6.64. The quantitative estimate of drug-likeness (QED) is 0.589. The number of nitrogens with zero attached hydrogens (tertiary/aromatic N) is 1. The zero-order valence-electron chi connectivity index (χ0n) is 13.8. The van der Waals surface area contributed by atoms with Crippen LogP contribution in [0.1, 0.15) is 17.7 Å². The molecule has 2 N–H and O–H groups in total. The van der Waals surface area contributed by atoms with Gasteiger partial charge >= 0.3 is 0 Å². The predicted molar refractivity (Wildman–Crippen MR) is 100 cm³/mol. The first-order chi connectivity index (χ1) is 12.4. The predicted octanol–water partition coefficient (Wildman–Crippen LogP) is 4.30. The Morgan fingerprint density at radius 2 is 2.08 bits per heavy atom. The van der Waals surface area contributed by atoms with Gasteiger partial charge in [-0.2, -0.15) is 5.10 Å². The fraction of sp³-hybridized carbons (Fsp3) is 0.190. The summed E-state index contributed by atoms with van der Waals surface area (Å²) >= 11 is 0. The van der Waals surface area contributed by atoms with Crippen molar-refractivity contribution in [2.75, 3.05) is 6.54 Å². The summed E-state index contributed by atoms with van der Waals surface area (Å²) in [7, 11) is 0. The van der Waals surface area contributed by atoms with Gasteiger partial charge in [0.2, 0.25) is 0 Å². The van der Waals surface area contributed by atoms with Crippen LogP contribution in [0.25, 0.3) is 27.4 Å². The molecule has 4 nitrogen and oxygen atoms in total. The molecular formula is C21H19N3O. The number of aromatic nitrogens is 2. The lowest BCUT2D eigenvalue weighted by Gasteiger charge is -2.24. The van der Waals surface area contributed by atoms with E-state index in [-0.39, 0.29) is 0 Å². The van der Waals surface area contributed by atoms with E-state index >= 15 is 0 Å². The molecule has 124 valence electrons. The standard InChI is InChI=1S/C21H19N3O/c1-2-4-19-18(3-1)20(24-23-19)13-17-12-15(7-9-22-17)14-5-6-21-16(11-14)8-10-25-21/h1-8,10-11,17,22H,9,12-13H2,(H,23,24). The molecule has 0 bridgehead atoms. The van der Waals surface area contributed by atoms with Crippen molar-refractivity contribution in [3.8, 4) is 0 Å². The molecule has 25 heavy (non-hydrogen) atoms. The molecule has 0 spiro atoms. The number of hydrogen-bond donors (Lipinski definition) is 2. The summed E-state index contributed by atoms with van der Waals surface area (Å²) in [5.74, 6) is 0. The second-order valence-electron chi connectivity index (χ2n) is 6.64. The third-order valence-corrected chi connectivity index (χ3v) is 5.04. The molecule has 4 aromatic rings. The van der Waals surface area contributed by atoms with Gasteiger partial charge in [0.1, 0.15) is 5.58 Å². The van der Waals surface area contributed by atoms with Crippen molar-refractivity contribution in [1.29, 1.82) is 0 Å². The van der Waals surface area contributed by atoms with E-state index in [9.17, 15) is 0 Å². The van der Waals surface area contributed by atoms with Gasteiger partial charge in [0.15, 0.2) is 0 Å². The zero-order valence-corrected chi connectivity index (χ0v) is 13.8. The molecule has 0 fully saturated rings. The maximum absolute atomic E-state index is 5.45. The summed E-state index contributed by atoms with van der Waals surface area (Å²) < 4.78 is 5.45. The van der Waals surface area contributed by atoms with Crippen LogP contribution >= 0.6 is 0 Å². The number of furan rings is 1. The molecule has 5 rings (SSSR count). The lowest BCUT2D eigenvalue weighted by molar-refractivity contribution is 0.529. The summed E-state index contributed by atoms with van der Waals surface area (Å²) in [4.78, 5) is 0. The van der Waals surface area contributed by atoms with E-state index in [2.05, 4.69) is 58.0 Å². The molecule has 2 aromatic heterocycles. The summed E-state index contributed by atoms with van der Waals surface area (Å²) in [6.45, 7) is 0.898. The topological polar surface area (TPSA) is 53.9 Å². The van der Waals surface area contributed by atoms with Gasteiger partial charge < -0.3 is 9.73 Å². The zero-order chi connectivity index (χ0) is 16.6. The molecule has 4 heteroatoms. The van der Waals surface area contributed by atoms with Gasteiger partial charge in [-0.05, 0) is 41.8 Å². The van der Waals surface area contributed by atoms with Crippen molar-refractivity contribution >= 4 is 27.4 Å². The van der Waals surface area contributed by atoms with Gasteiger partial charge in [-0.3, -0.25) is 5.10 Å². The molecule has 0 aliphatic carbocycles. The van der Waals surface area contributed by atoms with Crippen LogP contribution in [0.2, 0.25) is 0 Å². The van der Waals surface area contributed by atoms with Crippen molar-refractivity contribution < 1.29 is 4.42 Å². The molecule has 1 aliphatic rings. The first-order valence-electron chi connectivity index (χ1n) is 8.69. The Hall–Kier alpha value is -2.85. The minimum atomic E-state index is 0.406. The highest BCUT2D eigenvalue weighted by atomic mass is 16.3. The Bertz CT molecular complexity index is 1070. The van der Waals surface area contributed by atoms with Crippen LogP contribution in [0, 0.1) is 0 Å². The molecule has 0 saturated carbocycles. The molecule has 1 unspecified atom stereocenters. The molecular weight excluding hydrogens is 310 g/mol. The Balaban J connectivity index is 1.39. The average molecular weight is 329 g/mol. The van der Waals surface area contributed by atoms with Crippen molar-refractivity contribution in [3.05, 3.63) is 72.1 Å². The number of nitrogens with one attached hydrogen (secondary N) is 2. The first kappa shape index (κ1) is 14.5. The van der Waals surface area contributed by atoms with Crippen LogP contribution in [-0.2, 0) is 6.42 Å². The molecule has 0 amide bonds. The van der Waals surface area contributed by atoms with Crippen molar-refractivity contribution in [1.82, 2.24) is 15.5 Å². The number of rotatable bonds is 3. The summed E-state index contributed by atoms with van der Waals surface area (Å²) in [6, 6.07) is 17.2. The summed E-state index contributed by atoms with van der Waals surface area (Å²) in [5.41, 5.74) is 5.87. The third kappa shape index (κ3) is 2.65. The monoisotopic (exact) mass is 329 g/mol. The van der Waals surface area contributed by atoms with Crippen LogP contribution in [0.4, 0.5) is 0 Å². The third-order valence-electron chi connectivity index (χ3n) is 5.04. The van der Waals surface area contributed by atoms with Crippen molar-refractivity contribution in [2.24, 2.45) is 0 Å². The number of hydrogen-bond acceptors (Lipinski definition) is 3. The van der Waals surface area contributed by atoms with Gasteiger partial charge in [0.25, 0.3) is 0 Å². The Morgan fingerprint density at radius 3 is 3.08 bits per heavy atom. The van der Waals surface area contributed by atoms with Crippen LogP contribution in [0.3, 0.4) is 0 Å². The van der Waals surface area contributed by atoms with Crippen LogP contribution in [0.5, 0.6) is 0 Å². The normalized spacial score (nSPS) is 17.9. The smallest absolute Gasteiger partial charge is 0.133 e. The van der Waals surface area contributed by atoms with Gasteiger partial charge in [0.05, 0.1) is 11.8 Å². The molecule has 1 atom stereocenters. The van der Waals surface area contributed by atoms with Crippen molar-refractivity contribution in [2.45, 2.75) is 18.9 Å². The minimum absolute atomic E-state index is 0.406. The molecule has 0 radical (unpaired) electrons. The van der Waals surface area contributed by atoms with E-state index in [1.807, 2.05) is 12.1 Å². The maximum Gasteiger partial charge on any atom is 0.133 e. The summed E-state index contributed by atoms with van der Waals surface area (Å²) in [5, 5.41) is 13.6. The fourth-order valence-corrected chi connectivity index (χ4v) is 3.73. The van der Waals surface area contributed by atoms with Crippen LogP contribution < -0.4 is 5.32 Å². The summed E-state index contributed by atoms with van der Waals surface area (Å²) in [6.07, 6.45) is 6.00. The van der Waals surface area contributed by atoms with Crippen molar-refractivity contribution in [3.63, 3.8) is 0 Å². The molecule has 1 aliphatic heterocycles. The number of H-pyrrole nitrogens is 1. The van der Waals surface area contributed by atoms with Gasteiger partial charge in [0, 0.05) is 35.5 Å². The number of aromatic amines is 1. The van der Waals surface area contributed by atoms with E-state index in [1.165, 1.54) is 22.2 Å². The fourth-order valence-electron chi connectivity index (χ4n) is 3.73. The first-order valence-corrected chi connectivity index (χ1v) is 8.69. The Labute approximate surface area is 145 Å². The SMILES string of the molecule is C1=C(c2ccc3occc3c2)CC(Cc2[nH]nc3ccccc23)NC1. The van der Waals surface area contributed by atoms with Gasteiger partial charge in [-0.25, -0.2) is 0 Å². The highest BCUT2D eigenvalue weighted by Crippen LogP contribution is 2.28. The molecule has 2 aromatic carbocycles. The second kappa shape index (κ2) is 5.90. The highest BCUT2D eigenvalue weighted by molar-refractivity contribution is 5.83. The van der Waals surface area contributed by atoms with Crippen LogP contribution in [0.15, 0.2) is 65.3 Å². The van der Waals surface area contributed by atoms with E-state index < -0.39 is 0 Å². The van der Waals surface area contributed by atoms with Gasteiger partial charge in [-0.1, -0.05) is 30.3 Å². The van der Waals surface area contributed by atoms with Gasteiger partial charge in [-0.15, -0.1) is 0 Å². The Kier molecular flexibility index (Phi) is 3.42. The molecule has 0 saturated heterocycles. The molecule has 3 heterocycles. The number of fused-ring (bicyclic) bond motifs is 2. The number of benzene rings is 2. The number of para-hydroxylation sites is 1. The lowest BCUT2D eigenvalue weighted by Crippen LogP contribution is -2.34. The average Bonchev–Trinajstić information content (AvgIpc) is 3.28. The largest absolute Gasteiger partial charge is 0.464 e. The lowest BCUT2D eigenvalue weighted by atomic mass is 9.92. The minimum Gasteiger partial charge on any atom is -0.464 e. The maximum atomic E-state index is 5.45. The van der Waals surface area contributed by atoms with E-state index in [4.69, 9.17) is 4.42 Å². The van der Waals surface area contributed by atoms with Crippen LogP contribution in [-0.4, -0.2) is 22.8 Å². The highest BCUT2D eigenvalue weighted by Gasteiger charge is 2.19. The van der Waals surface area contributed by atoms with E-state index in [0.29, 0.717) is 6.04 Å². The Morgan fingerprint density at radius 1 is 1.12 bits per heavy atom. The van der Waals surface area contributed by atoms with E-state index in [0.717, 1.165) is 35.9 Å². The van der Waals surface area contributed by atoms with E-state index in [1.54, 1.807) is 6.26 Å².